The molecule has 0 saturated carbocycles. The molecule has 2 heterocycles. The molecular weight excluding hydrogens is 435 g/mol. The summed E-state index contributed by atoms with van der Waals surface area (Å²) in [5.74, 6) is 0.546. The Morgan fingerprint density at radius 2 is 1.85 bits per heavy atom. The number of fused-ring (bicyclic) bond motifs is 1. The van der Waals surface area contributed by atoms with Gasteiger partial charge in [-0.25, -0.2) is 4.39 Å². The number of carbonyl (C=O) groups is 2. The fourth-order valence-corrected chi connectivity index (χ4v) is 4.98. The molecule has 7 nitrogen and oxygen atoms in total. The molecule has 182 valence electrons. The highest BCUT2D eigenvalue weighted by molar-refractivity contribution is 5.83. The van der Waals surface area contributed by atoms with E-state index in [2.05, 4.69) is 27.5 Å². The summed E-state index contributed by atoms with van der Waals surface area (Å²) in [6.45, 7) is 2.47. The van der Waals surface area contributed by atoms with E-state index in [1.807, 2.05) is 24.3 Å². The number of benzene rings is 2. The lowest BCUT2D eigenvalue weighted by Crippen LogP contribution is -2.49. The van der Waals surface area contributed by atoms with E-state index < -0.39 is 0 Å². The number of hydrogen-bond acceptors (Lipinski definition) is 5. The lowest BCUT2D eigenvalue weighted by Gasteiger charge is -2.33. The molecule has 0 aliphatic carbocycles. The van der Waals surface area contributed by atoms with Crippen molar-refractivity contribution in [2.45, 2.75) is 50.5 Å². The number of hydrogen-bond donors (Lipinski definition) is 2. The number of carbonyl (C=O) groups excluding carboxylic acids is 2. The van der Waals surface area contributed by atoms with E-state index in [1.54, 1.807) is 19.2 Å². The molecule has 2 aromatic carbocycles. The topological polar surface area (TPSA) is 73.9 Å². The third kappa shape index (κ3) is 5.74. The van der Waals surface area contributed by atoms with Crippen molar-refractivity contribution in [1.82, 2.24) is 20.4 Å². The van der Waals surface area contributed by atoms with Gasteiger partial charge in [-0.15, -0.1) is 0 Å². The van der Waals surface area contributed by atoms with E-state index in [0.717, 1.165) is 29.8 Å². The van der Waals surface area contributed by atoms with Crippen molar-refractivity contribution >= 4 is 11.8 Å². The van der Waals surface area contributed by atoms with Crippen molar-refractivity contribution in [2.75, 3.05) is 27.2 Å². The smallest absolute Gasteiger partial charge is 0.239 e. The predicted molar refractivity (Wildman–Crippen MR) is 128 cm³/mol. The van der Waals surface area contributed by atoms with Crippen LogP contribution in [0.3, 0.4) is 0 Å². The number of methoxy groups -OCH3 is 1. The molecule has 3 unspecified atom stereocenters. The van der Waals surface area contributed by atoms with Crippen molar-refractivity contribution < 1.29 is 18.7 Å². The van der Waals surface area contributed by atoms with E-state index in [0.29, 0.717) is 32.5 Å². The fraction of sp³-hybridized carbons (Fsp3) is 0.462. The van der Waals surface area contributed by atoms with Gasteiger partial charge in [-0.3, -0.25) is 19.4 Å². The molecule has 0 bridgehead atoms. The van der Waals surface area contributed by atoms with Crippen LogP contribution in [0.4, 0.5) is 4.39 Å². The van der Waals surface area contributed by atoms with E-state index in [4.69, 9.17) is 4.74 Å². The molecule has 0 spiro atoms. The normalized spacial score (nSPS) is 23.1. The van der Waals surface area contributed by atoms with Gasteiger partial charge in [0, 0.05) is 44.7 Å². The first-order chi connectivity index (χ1) is 16.4. The minimum Gasteiger partial charge on any atom is -0.497 e. The van der Waals surface area contributed by atoms with Gasteiger partial charge in [0.1, 0.15) is 17.6 Å². The molecule has 3 atom stereocenters. The standard InChI is InChI=1S/C26H33FN4O3/c1-30-21(9-12-24(32)28-15-18-3-7-20(27)8-4-18)16-29-26(33)25-23(30)13-14-31(25)17-19-5-10-22(34-2)11-6-19/h3-8,10-11,21,23,25H,9,12-17H2,1-2H3,(H,28,32)(H,29,33). The number of rotatable bonds is 8. The highest BCUT2D eigenvalue weighted by Crippen LogP contribution is 2.29. The maximum atomic E-state index is 13.0. The van der Waals surface area contributed by atoms with Gasteiger partial charge < -0.3 is 15.4 Å². The molecule has 2 aliphatic rings. The van der Waals surface area contributed by atoms with Crippen LogP contribution in [0.25, 0.3) is 0 Å². The monoisotopic (exact) mass is 468 g/mol. The summed E-state index contributed by atoms with van der Waals surface area (Å²) in [5, 5.41) is 6.01. The first-order valence-corrected chi connectivity index (χ1v) is 11.8. The minimum absolute atomic E-state index is 0.0441. The SMILES string of the molecule is COc1ccc(CN2CCC3C2C(=O)NCC(CCC(=O)NCc2ccc(F)cc2)N3C)cc1. The Labute approximate surface area is 200 Å². The Morgan fingerprint density at radius 1 is 1.15 bits per heavy atom. The van der Waals surface area contributed by atoms with Gasteiger partial charge in [-0.2, -0.15) is 0 Å². The van der Waals surface area contributed by atoms with Crippen LogP contribution in [0.1, 0.15) is 30.4 Å². The highest BCUT2D eigenvalue weighted by Gasteiger charge is 2.44. The fourth-order valence-electron chi connectivity index (χ4n) is 4.98. The Balaban J connectivity index is 1.31. The van der Waals surface area contributed by atoms with E-state index in [-0.39, 0.29) is 35.8 Å². The molecule has 0 aromatic heterocycles. The Hall–Kier alpha value is -2.97. The van der Waals surface area contributed by atoms with Gasteiger partial charge >= 0.3 is 0 Å². The van der Waals surface area contributed by atoms with Crippen molar-refractivity contribution in [3.05, 3.63) is 65.5 Å². The highest BCUT2D eigenvalue weighted by atomic mass is 19.1. The number of nitrogens with one attached hydrogen (secondary N) is 2. The predicted octanol–water partition coefficient (Wildman–Crippen LogP) is 2.30. The van der Waals surface area contributed by atoms with Gasteiger partial charge in [0.15, 0.2) is 0 Å². The lowest BCUT2D eigenvalue weighted by atomic mass is 10.0. The largest absolute Gasteiger partial charge is 0.497 e. The van der Waals surface area contributed by atoms with Crippen molar-refractivity contribution in [3.63, 3.8) is 0 Å². The summed E-state index contributed by atoms with van der Waals surface area (Å²) >= 11 is 0. The second-order valence-electron chi connectivity index (χ2n) is 9.13. The minimum atomic E-state index is -0.290. The molecule has 2 fully saturated rings. The van der Waals surface area contributed by atoms with Crippen molar-refractivity contribution in [1.29, 1.82) is 0 Å². The molecule has 2 aromatic rings. The summed E-state index contributed by atoms with van der Waals surface area (Å²) in [7, 11) is 3.72. The molecule has 8 heteroatoms. The summed E-state index contributed by atoms with van der Waals surface area (Å²) in [4.78, 5) is 29.9. The number of nitrogens with zero attached hydrogens (tertiary/aromatic N) is 2. The summed E-state index contributed by atoms with van der Waals surface area (Å²) in [5.41, 5.74) is 2.01. The van der Waals surface area contributed by atoms with Crippen LogP contribution in [0, 0.1) is 5.82 Å². The molecule has 2 N–H and O–H groups in total. The van der Waals surface area contributed by atoms with Crippen LogP contribution in [0.5, 0.6) is 5.75 Å². The van der Waals surface area contributed by atoms with Crippen LogP contribution in [0.15, 0.2) is 48.5 Å². The van der Waals surface area contributed by atoms with Crippen LogP contribution in [-0.4, -0.2) is 67.0 Å². The number of likely N-dealkylation sites (tertiary alicyclic amines) is 1. The average molecular weight is 469 g/mol. The first kappa shape index (κ1) is 24.2. The van der Waals surface area contributed by atoms with E-state index in [9.17, 15) is 14.0 Å². The van der Waals surface area contributed by atoms with Crippen LogP contribution in [-0.2, 0) is 22.7 Å². The number of ether oxygens (including phenoxy) is 1. The second kappa shape index (κ2) is 11.0. The molecule has 4 rings (SSSR count). The van der Waals surface area contributed by atoms with Gasteiger partial charge in [0.05, 0.1) is 7.11 Å². The number of amides is 2. The van der Waals surface area contributed by atoms with Gasteiger partial charge in [0.2, 0.25) is 11.8 Å². The zero-order chi connectivity index (χ0) is 24.1. The summed E-state index contributed by atoms with van der Waals surface area (Å²) < 4.78 is 18.3. The summed E-state index contributed by atoms with van der Waals surface area (Å²) in [6.07, 6.45) is 1.95. The third-order valence-corrected chi connectivity index (χ3v) is 7.00. The Kier molecular flexibility index (Phi) is 7.80. The number of halogens is 1. The van der Waals surface area contributed by atoms with Crippen molar-refractivity contribution in [3.8, 4) is 5.75 Å². The maximum Gasteiger partial charge on any atom is 0.239 e. The van der Waals surface area contributed by atoms with Gasteiger partial charge in [0.25, 0.3) is 0 Å². The molecule has 2 amide bonds. The molecule has 2 saturated heterocycles. The third-order valence-electron chi connectivity index (χ3n) is 7.00. The van der Waals surface area contributed by atoms with Gasteiger partial charge in [-0.1, -0.05) is 24.3 Å². The second-order valence-corrected chi connectivity index (χ2v) is 9.13. The Bertz CT molecular complexity index is 983. The average Bonchev–Trinajstić information content (AvgIpc) is 3.22. The van der Waals surface area contributed by atoms with E-state index in [1.165, 1.54) is 12.1 Å². The lowest BCUT2D eigenvalue weighted by molar-refractivity contribution is -0.126. The molecule has 0 radical (unpaired) electrons. The maximum absolute atomic E-state index is 13.0. The summed E-state index contributed by atoms with van der Waals surface area (Å²) in [6, 6.07) is 14.1. The van der Waals surface area contributed by atoms with Gasteiger partial charge in [-0.05, 0) is 55.3 Å². The zero-order valence-electron chi connectivity index (χ0n) is 19.8. The first-order valence-electron chi connectivity index (χ1n) is 11.8. The van der Waals surface area contributed by atoms with Crippen LogP contribution in [0.2, 0.25) is 0 Å². The Morgan fingerprint density at radius 3 is 2.56 bits per heavy atom. The van der Waals surface area contributed by atoms with Crippen LogP contribution >= 0.6 is 0 Å². The molecule has 2 aliphatic heterocycles. The van der Waals surface area contributed by atoms with E-state index >= 15 is 0 Å². The quantitative estimate of drug-likeness (QED) is 0.622. The zero-order valence-corrected chi connectivity index (χ0v) is 19.8. The van der Waals surface area contributed by atoms with Crippen molar-refractivity contribution in [2.24, 2.45) is 0 Å². The number of likely N-dealkylation sites (N-methyl/N-ethyl adjacent to an activating group) is 1. The molecular formula is C26H33FN4O3. The molecule has 34 heavy (non-hydrogen) atoms. The van der Waals surface area contributed by atoms with Crippen LogP contribution < -0.4 is 15.4 Å².